The highest BCUT2D eigenvalue weighted by Crippen LogP contribution is 2.19. The molecule has 1 aliphatic heterocycles. The van der Waals surface area contributed by atoms with E-state index in [1.54, 1.807) is 0 Å². The van der Waals surface area contributed by atoms with Gasteiger partial charge in [-0.1, -0.05) is 45.2 Å². The monoisotopic (exact) mass is 197 g/mol. The van der Waals surface area contributed by atoms with Gasteiger partial charge in [-0.15, -0.1) is 0 Å². The van der Waals surface area contributed by atoms with Crippen LogP contribution >= 0.6 is 0 Å². The zero-order valence-corrected chi connectivity index (χ0v) is 9.70. The number of unbranched alkanes of at least 4 members (excludes halogenated alkanes) is 2. The molecule has 0 saturated heterocycles. The standard InChI is InChI=1S/C12H23NO/c1-10(2)7-5-4-6-8-12-11(3)9-13-14-12/h9-12H,4-8H2,1-3H3/t11-,12?/m0/s1. The van der Waals surface area contributed by atoms with Crippen LogP contribution in [0.2, 0.25) is 0 Å². The van der Waals surface area contributed by atoms with E-state index in [1.807, 2.05) is 6.21 Å². The maximum atomic E-state index is 5.26. The molecule has 0 aromatic heterocycles. The third kappa shape index (κ3) is 4.12. The topological polar surface area (TPSA) is 21.6 Å². The number of hydrogen-bond acceptors (Lipinski definition) is 2. The fraction of sp³-hybridized carbons (Fsp3) is 0.917. The molecule has 0 radical (unpaired) electrons. The zero-order valence-electron chi connectivity index (χ0n) is 9.70. The van der Waals surface area contributed by atoms with E-state index in [0.29, 0.717) is 12.0 Å². The lowest BCUT2D eigenvalue weighted by Crippen LogP contribution is -2.14. The van der Waals surface area contributed by atoms with Gasteiger partial charge in [0, 0.05) is 5.92 Å². The van der Waals surface area contributed by atoms with Crippen LogP contribution in [0.4, 0.5) is 0 Å². The van der Waals surface area contributed by atoms with Gasteiger partial charge in [0.1, 0.15) is 6.10 Å². The van der Waals surface area contributed by atoms with Crippen LogP contribution in [0.5, 0.6) is 0 Å². The summed E-state index contributed by atoms with van der Waals surface area (Å²) >= 11 is 0. The SMILES string of the molecule is CC(C)CCCCCC1ON=C[C@@H]1C. The Balaban J connectivity index is 1.94. The average molecular weight is 197 g/mol. The highest BCUT2D eigenvalue weighted by molar-refractivity contribution is 5.61. The van der Waals surface area contributed by atoms with Crippen LogP contribution in [0, 0.1) is 11.8 Å². The summed E-state index contributed by atoms with van der Waals surface area (Å²) in [5, 5.41) is 3.85. The second-order valence-corrected chi connectivity index (χ2v) is 4.79. The van der Waals surface area contributed by atoms with Gasteiger partial charge in [0.05, 0.1) is 6.21 Å². The van der Waals surface area contributed by atoms with E-state index in [2.05, 4.69) is 25.9 Å². The molecule has 0 amide bonds. The fourth-order valence-corrected chi connectivity index (χ4v) is 1.79. The van der Waals surface area contributed by atoms with E-state index in [4.69, 9.17) is 4.84 Å². The minimum absolute atomic E-state index is 0.356. The number of hydrogen-bond donors (Lipinski definition) is 0. The predicted molar refractivity (Wildman–Crippen MR) is 60.5 cm³/mol. The first-order valence-corrected chi connectivity index (χ1v) is 5.89. The van der Waals surface area contributed by atoms with E-state index in [1.165, 1.54) is 32.1 Å². The molecule has 1 rings (SSSR count). The van der Waals surface area contributed by atoms with E-state index >= 15 is 0 Å². The molecule has 2 atom stereocenters. The lowest BCUT2D eigenvalue weighted by Gasteiger charge is -2.12. The van der Waals surface area contributed by atoms with Gasteiger partial charge in [0.25, 0.3) is 0 Å². The maximum absolute atomic E-state index is 5.26. The minimum Gasteiger partial charge on any atom is -0.392 e. The van der Waals surface area contributed by atoms with Gasteiger partial charge in [0.2, 0.25) is 0 Å². The van der Waals surface area contributed by atoms with Crippen LogP contribution in [0.3, 0.4) is 0 Å². The smallest absolute Gasteiger partial charge is 0.135 e. The van der Waals surface area contributed by atoms with Gasteiger partial charge < -0.3 is 4.84 Å². The third-order valence-electron chi connectivity index (χ3n) is 2.85. The van der Waals surface area contributed by atoms with E-state index in [-0.39, 0.29) is 0 Å². The Hall–Kier alpha value is -0.530. The summed E-state index contributed by atoms with van der Waals surface area (Å²) in [6.07, 6.45) is 8.78. The minimum atomic E-state index is 0.356. The molecule has 2 heteroatoms. The highest BCUT2D eigenvalue weighted by Gasteiger charge is 2.21. The van der Waals surface area contributed by atoms with Crippen molar-refractivity contribution in [2.75, 3.05) is 0 Å². The van der Waals surface area contributed by atoms with Crippen LogP contribution in [0.1, 0.15) is 52.9 Å². The Morgan fingerprint density at radius 3 is 2.64 bits per heavy atom. The number of rotatable bonds is 6. The van der Waals surface area contributed by atoms with Crippen LogP contribution in [0.15, 0.2) is 5.16 Å². The van der Waals surface area contributed by atoms with E-state index in [0.717, 1.165) is 5.92 Å². The summed E-state index contributed by atoms with van der Waals surface area (Å²) in [5.41, 5.74) is 0. The average Bonchev–Trinajstić information content (AvgIpc) is 2.51. The predicted octanol–water partition coefficient (Wildman–Crippen LogP) is 3.61. The largest absolute Gasteiger partial charge is 0.392 e. The van der Waals surface area contributed by atoms with Crippen molar-refractivity contribution in [3.63, 3.8) is 0 Å². The third-order valence-corrected chi connectivity index (χ3v) is 2.85. The number of oxime groups is 1. The lowest BCUT2D eigenvalue weighted by atomic mass is 9.99. The molecule has 0 fully saturated rings. The molecule has 1 unspecified atom stereocenters. The molecule has 0 aliphatic carbocycles. The zero-order chi connectivity index (χ0) is 10.4. The van der Waals surface area contributed by atoms with Crippen molar-refractivity contribution in [1.82, 2.24) is 0 Å². The Morgan fingerprint density at radius 1 is 1.29 bits per heavy atom. The molecule has 1 heterocycles. The Morgan fingerprint density at radius 2 is 2.07 bits per heavy atom. The summed E-state index contributed by atoms with van der Waals surface area (Å²) in [6.45, 7) is 6.75. The molecular weight excluding hydrogens is 174 g/mol. The molecule has 0 spiro atoms. The summed E-state index contributed by atoms with van der Waals surface area (Å²) < 4.78 is 0. The molecule has 1 aliphatic rings. The lowest BCUT2D eigenvalue weighted by molar-refractivity contribution is 0.0571. The Kier molecular flexibility index (Phi) is 4.99. The van der Waals surface area contributed by atoms with Crippen molar-refractivity contribution >= 4 is 6.21 Å². The molecule has 0 aromatic carbocycles. The molecule has 0 aromatic rings. The van der Waals surface area contributed by atoms with Gasteiger partial charge in [-0.25, -0.2) is 0 Å². The van der Waals surface area contributed by atoms with Crippen molar-refractivity contribution in [2.45, 2.75) is 59.0 Å². The van der Waals surface area contributed by atoms with Crippen LogP contribution in [-0.4, -0.2) is 12.3 Å². The summed E-state index contributed by atoms with van der Waals surface area (Å²) in [7, 11) is 0. The molecular formula is C12H23NO. The maximum Gasteiger partial charge on any atom is 0.135 e. The Labute approximate surface area is 87.7 Å². The van der Waals surface area contributed by atoms with Gasteiger partial charge >= 0.3 is 0 Å². The molecule has 0 bridgehead atoms. The first-order chi connectivity index (χ1) is 6.70. The molecule has 0 N–H and O–H groups in total. The second-order valence-electron chi connectivity index (χ2n) is 4.79. The van der Waals surface area contributed by atoms with Gasteiger partial charge in [0.15, 0.2) is 0 Å². The molecule has 14 heavy (non-hydrogen) atoms. The summed E-state index contributed by atoms with van der Waals surface area (Å²) in [4.78, 5) is 5.26. The Bertz CT molecular complexity index is 177. The quantitative estimate of drug-likeness (QED) is 0.596. The number of nitrogens with zero attached hydrogens (tertiary/aromatic N) is 1. The van der Waals surface area contributed by atoms with Crippen molar-refractivity contribution in [1.29, 1.82) is 0 Å². The summed E-state index contributed by atoms with van der Waals surface area (Å²) in [5.74, 6) is 1.36. The molecule has 82 valence electrons. The normalized spacial score (nSPS) is 25.7. The van der Waals surface area contributed by atoms with Crippen molar-refractivity contribution in [2.24, 2.45) is 17.0 Å². The van der Waals surface area contributed by atoms with Crippen LogP contribution in [0.25, 0.3) is 0 Å². The first-order valence-electron chi connectivity index (χ1n) is 5.89. The summed E-state index contributed by atoms with van der Waals surface area (Å²) in [6, 6.07) is 0. The first kappa shape index (κ1) is 11.5. The van der Waals surface area contributed by atoms with Gasteiger partial charge in [-0.3, -0.25) is 0 Å². The van der Waals surface area contributed by atoms with Crippen LogP contribution in [-0.2, 0) is 4.84 Å². The molecule has 0 saturated carbocycles. The van der Waals surface area contributed by atoms with E-state index in [9.17, 15) is 0 Å². The molecule has 2 nitrogen and oxygen atoms in total. The second kappa shape index (κ2) is 6.05. The highest BCUT2D eigenvalue weighted by atomic mass is 16.6. The van der Waals surface area contributed by atoms with Crippen molar-refractivity contribution in [3.05, 3.63) is 0 Å². The van der Waals surface area contributed by atoms with Crippen molar-refractivity contribution < 1.29 is 4.84 Å². The van der Waals surface area contributed by atoms with Crippen LogP contribution < -0.4 is 0 Å². The van der Waals surface area contributed by atoms with Gasteiger partial charge in [-0.05, 0) is 18.8 Å². The van der Waals surface area contributed by atoms with Crippen molar-refractivity contribution in [3.8, 4) is 0 Å². The van der Waals surface area contributed by atoms with Gasteiger partial charge in [-0.2, -0.15) is 0 Å². The fourth-order valence-electron chi connectivity index (χ4n) is 1.79. The van der Waals surface area contributed by atoms with E-state index < -0.39 is 0 Å².